The first-order valence-corrected chi connectivity index (χ1v) is 10.2. The van der Waals surface area contributed by atoms with Crippen molar-refractivity contribution in [1.82, 2.24) is 10.2 Å². The molecule has 1 atom stereocenters. The Morgan fingerprint density at radius 3 is 2.37 bits per heavy atom. The number of rotatable bonds is 7. The summed E-state index contributed by atoms with van der Waals surface area (Å²) in [6, 6.07) is 4.36. The van der Waals surface area contributed by atoms with Crippen LogP contribution in [0.3, 0.4) is 0 Å². The predicted molar refractivity (Wildman–Crippen MR) is 111 cm³/mol. The summed E-state index contributed by atoms with van der Waals surface area (Å²) in [5.41, 5.74) is 3.58. The highest BCUT2D eigenvalue weighted by atomic mass is 16.5. The van der Waals surface area contributed by atoms with Gasteiger partial charge in [0.05, 0.1) is 20.3 Å². The zero-order valence-corrected chi connectivity index (χ0v) is 17.3. The SMILES string of the molecule is CCCC1CCN(CC2=CC(c3cc(OC)c(C)c(OC)c3)NC=C2)CC1. The molecule has 0 radical (unpaired) electrons. The quantitative estimate of drug-likeness (QED) is 0.760. The molecule has 2 aliphatic rings. The minimum Gasteiger partial charge on any atom is -0.496 e. The molecule has 1 aromatic carbocycles. The van der Waals surface area contributed by atoms with E-state index in [2.05, 4.69) is 47.6 Å². The summed E-state index contributed by atoms with van der Waals surface area (Å²) in [6.07, 6.45) is 12.0. The number of benzene rings is 1. The zero-order valence-electron chi connectivity index (χ0n) is 17.3. The molecule has 4 nitrogen and oxygen atoms in total. The Bertz CT molecular complexity index is 663. The lowest BCUT2D eigenvalue weighted by Gasteiger charge is -2.33. The molecule has 0 bridgehead atoms. The first-order chi connectivity index (χ1) is 13.1. The summed E-state index contributed by atoms with van der Waals surface area (Å²) in [5.74, 6) is 2.67. The van der Waals surface area contributed by atoms with Gasteiger partial charge in [0.25, 0.3) is 0 Å². The number of hydrogen-bond donors (Lipinski definition) is 1. The van der Waals surface area contributed by atoms with Crippen LogP contribution < -0.4 is 14.8 Å². The van der Waals surface area contributed by atoms with Gasteiger partial charge in [0.2, 0.25) is 0 Å². The van der Waals surface area contributed by atoms with Crippen LogP contribution in [0.2, 0.25) is 0 Å². The lowest BCUT2D eigenvalue weighted by molar-refractivity contribution is 0.191. The van der Waals surface area contributed by atoms with Crippen molar-refractivity contribution in [3.63, 3.8) is 0 Å². The van der Waals surface area contributed by atoms with Crippen molar-refractivity contribution in [2.24, 2.45) is 5.92 Å². The second-order valence-corrected chi connectivity index (χ2v) is 7.78. The topological polar surface area (TPSA) is 33.7 Å². The Morgan fingerprint density at radius 1 is 1.11 bits per heavy atom. The van der Waals surface area contributed by atoms with Gasteiger partial charge in [0.15, 0.2) is 0 Å². The molecule has 0 aromatic heterocycles. The maximum absolute atomic E-state index is 5.54. The van der Waals surface area contributed by atoms with Crippen LogP contribution in [0.4, 0.5) is 0 Å². The van der Waals surface area contributed by atoms with Gasteiger partial charge >= 0.3 is 0 Å². The smallest absolute Gasteiger partial charge is 0.125 e. The fraction of sp³-hybridized carbons (Fsp3) is 0.565. The summed E-state index contributed by atoms with van der Waals surface area (Å²) in [4.78, 5) is 2.60. The molecular weight excluding hydrogens is 336 g/mol. The molecule has 4 heteroatoms. The number of methoxy groups -OCH3 is 2. The molecule has 1 fully saturated rings. The van der Waals surface area contributed by atoms with Crippen LogP contribution in [0.15, 0.2) is 36.1 Å². The van der Waals surface area contributed by atoms with Crippen LogP contribution in [-0.2, 0) is 0 Å². The van der Waals surface area contributed by atoms with Crippen LogP contribution in [-0.4, -0.2) is 38.8 Å². The van der Waals surface area contributed by atoms with Gasteiger partial charge in [0, 0.05) is 12.1 Å². The second kappa shape index (κ2) is 9.32. The molecule has 0 aliphatic carbocycles. The third kappa shape index (κ3) is 4.86. The standard InChI is InChI=1S/C23H34N2O2/c1-5-6-18-8-11-25(12-9-18)16-19-7-10-24-21(13-19)20-14-22(26-3)17(2)23(15-20)27-4/h7,10,13-15,18,21,24H,5-6,8-9,11-12,16H2,1-4H3. The highest BCUT2D eigenvalue weighted by Gasteiger charge is 2.21. The number of likely N-dealkylation sites (tertiary alicyclic amines) is 1. The van der Waals surface area contributed by atoms with Crippen molar-refractivity contribution in [1.29, 1.82) is 0 Å². The number of nitrogens with zero attached hydrogens (tertiary/aromatic N) is 1. The summed E-state index contributed by atoms with van der Waals surface area (Å²) >= 11 is 0. The van der Waals surface area contributed by atoms with Gasteiger partial charge in [-0.2, -0.15) is 0 Å². The van der Waals surface area contributed by atoms with Gasteiger partial charge in [-0.1, -0.05) is 25.8 Å². The van der Waals surface area contributed by atoms with Crippen LogP contribution in [0.25, 0.3) is 0 Å². The third-order valence-electron chi connectivity index (χ3n) is 5.90. The normalized spacial score (nSPS) is 20.9. The molecule has 2 aliphatic heterocycles. The number of nitrogens with one attached hydrogen (secondary N) is 1. The summed E-state index contributed by atoms with van der Waals surface area (Å²) in [7, 11) is 3.42. The minimum absolute atomic E-state index is 0.144. The lowest BCUT2D eigenvalue weighted by atomic mass is 9.92. The first-order valence-electron chi connectivity index (χ1n) is 10.2. The second-order valence-electron chi connectivity index (χ2n) is 7.78. The van der Waals surface area contributed by atoms with Gasteiger partial charge in [-0.3, -0.25) is 4.90 Å². The van der Waals surface area contributed by atoms with E-state index in [1.54, 1.807) is 14.2 Å². The molecule has 1 aromatic rings. The number of dihydropyridines is 1. The van der Waals surface area contributed by atoms with Crippen molar-refractivity contribution in [3.05, 3.63) is 47.2 Å². The third-order valence-corrected chi connectivity index (χ3v) is 5.90. The van der Waals surface area contributed by atoms with E-state index >= 15 is 0 Å². The largest absolute Gasteiger partial charge is 0.496 e. The molecule has 3 rings (SSSR count). The monoisotopic (exact) mass is 370 g/mol. The van der Waals surface area contributed by atoms with Crippen LogP contribution in [0.5, 0.6) is 11.5 Å². The average Bonchev–Trinajstić information content (AvgIpc) is 2.70. The van der Waals surface area contributed by atoms with Crippen LogP contribution >= 0.6 is 0 Å². The van der Waals surface area contributed by atoms with Crippen LogP contribution in [0.1, 0.15) is 49.8 Å². The predicted octanol–water partition coefficient (Wildman–Crippen LogP) is 4.61. The van der Waals surface area contributed by atoms with Gasteiger partial charge < -0.3 is 14.8 Å². The van der Waals surface area contributed by atoms with E-state index in [0.717, 1.165) is 35.1 Å². The summed E-state index contributed by atoms with van der Waals surface area (Å²) in [5, 5.41) is 3.46. The van der Waals surface area contributed by atoms with Gasteiger partial charge in [-0.25, -0.2) is 0 Å². The van der Waals surface area contributed by atoms with Crippen molar-refractivity contribution >= 4 is 0 Å². The van der Waals surface area contributed by atoms with Crippen LogP contribution in [0, 0.1) is 12.8 Å². The fourth-order valence-corrected chi connectivity index (χ4v) is 4.26. The first kappa shape index (κ1) is 19.8. The van der Waals surface area contributed by atoms with Crippen molar-refractivity contribution in [2.75, 3.05) is 33.9 Å². The molecule has 0 saturated carbocycles. The number of hydrogen-bond acceptors (Lipinski definition) is 4. The molecular formula is C23H34N2O2. The van der Waals surface area contributed by atoms with E-state index in [1.807, 2.05) is 6.92 Å². The zero-order chi connectivity index (χ0) is 19.2. The molecule has 0 amide bonds. The van der Waals surface area contributed by atoms with E-state index in [1.165, 1.54) is 44.3 Å². The van der Waals surface area contributed by atoms with Gasteiger partial charge in [0.1, 0.15) is 11.5 Å². The highest BCUT2D eigenvalue weighted by Crippen LogP contribution is 2.33. The number of ether oxygens (including phenoxy) is 2. The van der Waals surface area contributed by atoms with E-state index in [0.29, 0.717) is 0 Å². The van der Waals surface area contributed by atoms with Crippen molar-refractivity contribution < 1.29 is 9.47 Å². The van der Waals surface area contributed by atoms with E-state index in [4.69, 9.17) is 9.47 Å². The average molecular weight is 371 g/mol. The van der Waals surface area contributed by atoms with Crippen molar-refractivity contribution in [3.8, 4) is 11.5 Å². The van der Waals surface area contributed by atoms with Gasteiger partial charge in [-0.15, -0.1) is 0 Å². The Hall–Kier alpha value is -1.94. The lowest BCUT2D eigenvalue weighted by Crippen LogP contribution is -2.35. The molecule has 1 saturated heterocycles. The fourth-order valence-electron chi connectivity index (χ4n) is 4.26. The maximum Gasteiger partial charge on any atom is 0.125 e. The minimum atomic E-state index is 0.144. The molecule has 27 heavy (non-hydrogen) atoms. The Balaban J connectivity index is 1.69. The van der Waals surface area contributed by atoms with E-state index < -0.39 is 0 Å². The maximum atomic E-state index is 5.54. The Morgan fingerprint density at radius 2 is 1.78 bits per heavy atom. The molecule has 0 spiro atoms. The molecule has 1 unspecified atom stereocenters. The Labute approximate surface area is 164 Å². The summed E-state index contributed by atoms with van der Waals surface area (Å²) < 4.78 is 11.1. The molecule has 148 valence electrons. The van der Waals surface area contributed by atoms with Gasteiger partial charge in [-0.05, 0) is 74.3 Å². The number of piperidine rings is 1. The van der Waals surface area contributed by atoms with E-state index in [-0.39, 0.29) is 6.04 Å². The molecule has 2 heterocycles. The summed E-state index contributed by atoms with van der Waals surface area (Å²) in [6.45, 7) is 7.80. The molecule has 1 N–H and O–H groups in total. The highest BCUT2D eigenvalue weighted by molar-refractivity contribution is 5.49. The van der Waals surface area contributed by atoms with Crippen molar-refractivity contribution in [2.45, 2.75) is 45.6 Å². The Kier molecular flexibility index (Phi) is 6.84. The van der Waals surface area contributed by atoms with E-state index in [9.17, 15) is 0 Å².